The number of rotatable bonds is 7. The van der Waals surface area contributed by atoms with E-state index >= 15 is 0 Å². The summed E-state index contributed by atoms with van der Waals surface area (Å²) in [6.45, 7) is 2.44. The Kier molecular flexibility index (Phi) is 12.1. The molecule has 0 amide bonds. The first-order chi connectivity index (χ1) is 20.7. The minimum Gasteiger partial charge on any atom is -0.398 e. The molecule has 234 valence electrons. The fourth-order valence-corrected chi connectivity index (χ4v) is 18.8. The summed E-state index contributed by atoms with van der Waals surface area (Å²) in [5.74, 6) is 0. The summed E-state index contributed by atoms with van der Waals surface area (Å²) < 4.78 is 3.02. The number of nitrogens with zero attached hydrogens (tertiary/aromatic N) is 1. The maximum Gasteiger partial charge on any atom is 0.0536 e. The van der Waals surface area contributed by atoms with Crippen LogP contribution in [0.3, 0.4) is 0 Å². The molecule has 0 aliphatic heterocycles. The first kappa shape index (κ1) is 33.3. The van der Waals surface area contributed by atoms with Gasteiger partial charge < -0.3 is 10.1 Å². The van der Waals surface area contributed by atoms with Gasteiger partial charge in [0.15, 0.2) is 0 Å². The molecule has 5 aliphatic rings. The molecular weight excluding hydrogens is 804 g/mol. The Morgan fingerprint density at radius 2 is 1.23 bits per heavy atom. The van der Waals surface area contributed by atoms with Gasteiger partial charge in [-0.25, -0.2) is 0 Å². The van der Waals surface area contributed by atoms with Crippen molar-refractivity contribution in [1.29, 1.82) is 0 Å². The van der Waals surface area contributed by atoms with Gasteiger partial charge in [-0.05, 0) is 118 Å². The zero-order chi connectivity index (χ0) is 28.5. The number of nitrogens with two attached hydrogens (primary N) is 1. The summed E-state index contributed by atoms with van der Waals surface area (Å²) in [7, 11) is -0.474. The van der Waals surface area contributed by atoms with E-state index in [9.17, 15) is 0 Å². The van der Waals surface area contributed by atoms with Gasteiger partial charge in [0, 0.05) is 36.0 Å². The van der Waals surface area contributed by atoms with Crippen LogP contribution in [0.4, 0.5) is 5.00 Å². The van der Waals surface area contributed by atoms with E-state index < -0.39 is 0 Å². The predicted octanol–water partition coefficient (Wildman–Crippen LogP) is 11.5. The summed E-state index contributed by atoms with van der Waals surface area (Å²) in [6, 6.07) is 4.16. The van der Waals surface area contributed by atoms with Gasteiger partial charge in [0.05, 0.1) is 5.00 Å². The van der Waals surface area contributed by atoms with Crippen molar-refractivity contribution in [2.24, 2.45) is 0 Å². The Balaban J connectivity index is 0.00000329. The average Bonchev–Trinajstić information content (AvgIpc) is 3.55. The van der Waals surface area contributed by atoms with Gasteiger partial charge in [-0.3, -0.25) is 0 Å². The van der Waals surface area contributed by atoms with Gasteiger partial charge in [0.1, 0.15) is 0 Å². The van der Waals surface area contributed by atoms with Crippen molar-refractivity contribution in [1.82, 2.24) is 4.34 Å². The third kappa shape index (κ3) is 7.02. The predicted molar refractivity (Wildman–Crippen MR) is 189 cm³/mol. The number of aromatic nitrogens is 1. The zero-order valence-corrected chi connectivity index (χ0v) is 33.6. The van der Waals surface area contributed by atoms with Crippen molar-refractivity contribution in [2.45, 2.75) is 171 Å². The van der Waals surface area contributed by atoms with E-state index in [1.165, 1.54) is 158 Å². The summed E-state index contributed by atoms with van der Waals surface area (Å²) in [6.07, 6.45) is 36.2. The third-order valence-electron chi connectivity index (χ3n) is 11.5. The molecule has 5 aliphatic carbocycles. The Labute approximate surface area is 293 Å². The molecule has 2 heterocycles. The van der Waals surface area contributed by atoms with Crippen molar-refractivity contribution in [3.05, 3.63) is 28.3 Å². The molecule has 2 aromatic rings. The monoisotopic (exact) mass is 859 g/mol. The van der Waals surface area contributed by atoms with Crippen molar-refractivity contribution in [2.75, 3.05) is 5.73 Å². The van der Waals surface area contributed by atoms with Gasteiger partial charge in [-0.2, -0.15) is 0 Å². The van der Waals surface area contributed by atoms with Crippen LogP contribution in [0.2, 0.25) is 0 Å². The number of allylic oxidation sites excluding steroid dienone is 1. The molecule has 4 fully saturated rings. The van der Waals surface area contributed by atoms with E-state index in [2.05, 4.69) is 29.5 Å². The third-order valence-corrected chi connectivity index (χ3v) is 19.7. The normalized spacial score (nSPS) is 23.1. The molecule has 7 rings (SSSR count). The fourth-order valence-electron chi connectivity index (χ4n) is 9.52. The molecule has 2 N–H and O–H groups in total. The zero-order valence-electron chi connectivity index (χ0n) is 26.8. The summed E-state index contributed by atoms with van der Waals surface area (Å²) in [4.78, 5) is 1.55. The Bertz CT molecular complexity index is 1190. The van der Waals surface area contributed by atoms with Crippen LogP contribution in [0.5, 0.6) is 0 Å². The van der Waals surface area contributed by atoms with E-state index in [1.54, 1.807) is 15.9 Å². The Hall–Kier alpha value is 0.432. The molecular formula is C37H55N2P2SU-. The molecule has 0 unspecified atom stereocenters. The molecule has 6 heteroatoms. The number of thiophene rings is 1. The van der Waals surface area contributed by atoms with Crippen LogP contribution in [-0.2, 0) is 6.42 Å². The van der Waals surface area contributed by atoms with Crippen molar-refractivity contribution in [3.8, 4) is 11.3 Å². The summed E-state index contributed by atoms with van der Waals surface area (Å²) in [5, 5.41) is 2.87. The summed E-state index contributed by atoms with van der Waals surface area (Å²) >= 11 is 1.93. The molecule has 0 saturated heterocycles. The van der Waals surface area contributed by atoms with Crippen LogP contribution in [0.15, 0.2) is 6.08 Å². The van der Waals surface area contributed by atoms with Gasteiger partial charge in [0.2, 0.25) is 0 Å². The molecule has 0 aromatic carbocycles. The van der Waals surface area contributed by atoms with Crippen LogP contribution >= 0.6 is 27.3 Å². The number of aryl methyl sites for hydroxylation is 1. The van der Waals surface area contributed by atoms with Gasteiger partial charge in [0.25, 0.3) is 0 Å². The minimum atomic E-state index is -0.270. The average molecular weight is 860 g/mol. The second kappa shape index (κ2) is 15.6. The molecule has 0 radical (unpaired) electrons. The molecule has 4 saturated carbocycles. The summed E-state index contributed by atoms with van der Waals surface area (Å²) in [5.41, 5.74) is 16.8. The fraction of sp³-hybridized carbons (Fsp3) is 0.730. The maximum absolute atomic E-state index is 7.24. The van der Waals surface area contributed by atoms with Gasteiger partial charge >= 0.3 is 0 Å². The van der Waals surface area contributed by atoms with Crippen molar-refractivity contribution < 1.29 is 31.1 Å². The first-order valence-corrected chi connectivity index (χ1v) is 21.7. The topological polar surface area (TPSA) is 30.9 Å². The van der Waals surface area contributed by atoms with Crippen molar-refractivity contribution >= 4 is 43.7 Å². The van der Waals surface area contributed by atoms with E-state index in [0.717, 1.165) is 27.6 Å². The van der Waals surface area contributed by atoms with Crippen LogP contribution in [0.1, 0.15) is 151 Å². The quantitative estimate of drug-likeness (QED) is 0.218. The molecule has 43 heavy (non-hydrogen) atoms. The standard InChI is InChI=1S/C37H55N2P2S.U/c1-27-36(40(29-17-6-2-7-18-29)30-19-8-3-9-20-30)35(37(38)42-27)34-26-28-16-14-15-25-33(28)39(34)41(31-21-10-4-11-22-31)32-23-12-5-13-24-32;/h14,16,29-32H,2-13,15,17-25,38H2,1H3;/q-1;. The van der Waals surface area contributed by atoms with Gasteiger partial charge in [-0.15, -0.1) is 35.1 Å². The number of anilines is 1. The molecule has 0 atom stereocenters. The minimum absolute atomic E-state index is 0. The number of hydrogen-bond donors (Lipinski definition) is 1. The second-order valence-electron chi connectivity index (χ2n) is 14.3. The van der Waals surface area contributed by atoms with Crippen LogP contribution in [0.25, 0.3) is 17.3 Å². The SMILES string of the molecule is Cc1sc(N)c(-c2[c-]c3c(n2P(C2CCCCC2)C2CCCCC2)CCC=C3)c1P(C1CCCCC1)C1CCCCC1.[U]. The number of nitrogen functional groups attached to an aromatic ring is 1. The maximum atomic E-state index is 7.24. The smallest absolute Gasteiger partial charge is 0.0536 e. The van der Waals surface area contributed by atoms with E-state index in [1.807, 2.05) is 11.3 Å². The van der Waals surface area contributed by atoms with Crippen LogP contribution in [0, 0.1) is 44.1 Å². The number of hydrogen-bond acceptors (Lipinski definition) is 2. The molecule has 0 spiro atoms. The largest absolute Gasteiger partial charge is 0.398 e. The Morgan fingerprint density at radius 1 is 0.744 bits per heavy atom. The van der Waals surface area contributed by atoms with E-state index in [-0.39, 0.29) is 47.1 Å². The van der Waals surface area contributed by atoms with Crippen molar-refractivity contribution in [3.63, 3.8) is 0 Å². The van der Waals surface area contributed by atoms with Crippen LogP contribution in [-0.4, -0.2) is 27.0 Å². The molecule has 0 bridgehead atoms. The van der Waals surface area contributed by atoms with Gasteiger partial charge in [-0.1, -0.05) is 90.7 Å². The van der Waals surface area contributed by atoms with Crippen LogP contribution < -0.4 is 11.0 Å². The molecule has 2 nitrogen and oxygen atoms in total. The second-order valence-corrected chi connectivity index (χ2v) is 20.9. The Morgan fingerprint density at radius 3 is 1.74 bits per heavy atom. The first-order valence-electron chi connectivity index (χ1n) is 18.0. The van der Waals surface area contributed by atoms with E-state index in [0.29, 0.717) is 0 Å². The van der Waals surface area contributed by atoms with E-state index in [4.69, 9.17) is 5.73 Å². The molecule has 2 aromatic heterocycles. The number of fused-ring (bicyclic) bond motifs is 1.